The summed E-state index contributed by atoms with van der Waals surface area (Å²) in [4.78, 5) is 24.6. The molecule has 1 atom stereocenters. The highest BCUT2D eigenvalue weighted by Crippen LogP contribution is 2.36. The summed E-state index contributed by atoms with van der Waals surface area (Å²) in [6, 6.07) is 21.4. The van der Waals surface area contributed by atoms with E-state index in [9.17, 15) is 9.59 Å². The van der Waals surface area contributed by atoms with Crippen LogP contribution < -0.4 is 0 Å². The van der Waals surface area contributed by atoms with Crippen LogP contribution in [-0.4, -0.2) is 27.3 Å². The lowest BCUT2D eigenvalue weighted by Gasteiger charge is -2.18. The molecule has 0 radical (unpaired) electrons. The third-order valence-electron chi connectivity index (χ3n) is 5.33. The lowest BCUT2D eigenvalue weighted by Crippen LogP contribution is -2.25. The number of hydrazone groups is 1. The highest BCUT2D eigenvalue weighted by atomic mass is 16.5. The second-order valence-electron chi connectivity index (χ2n) is 7.26. The Morgan fingerprint density at radius 1 is 0.867 bits per heavy atom. The monoisotopic (exact) mass is 397 g/mol. The molecule has 0 N–H and O–H groups in total. The molecule has 1 unspecified atom stereocenters. The Morgan fingerprint density at radius 3 is 2.33 bits per heavy atom. The van der Waals surface area contributed by atoms with E-state index in [1.165, 1.54) is 18.9 Å². The molecule has 2 heterocycles. The van der Waals surface area contributed by atoms with Crippen molar-refractivity contribution in [2.45, 2.75) is 20.1 Å². The SMILES string of the molecule is CC(=O)N1N=C(c2cccc3ccccc23)OC1c1cn(C(C)=O)c2ccccc12. The first kappa shape index (κ1) is 18.1. The van der Waals surface area contributed by atoms with Crippen molar-refractivity contribution in [2.24, 2.45) is 5.10 Å². The fraction of sp³-hybridized carbons (Fsp3) is 0.125. The van der Waals surface area contributed by atoms with Gasteiger partial charge in [-0.25, -0.2) is 0 Å². The van der Waals surface area contributed by atoms with Gasteiger partial charge in [-0.05, 0) is 22.9 Å². The molecular weight excluding hydrogens is 378 g/mol. The van der Waals surface area contributed by atoms with Crippen LogP contribution in [0.25, 0.3) is 21.7 Å². The predicted octanol–water partition coefficient (Wildman–Crippen LogP) is 4.69. The van der Waals surface area contributed by atoms with Gasteiger partial charge in [0.05, 0.1) is 5.52 Å². The van der Waals surface area contributed by atoms with Gasteiger partial charge in [-0.15, -0.1) is 5.10 Å². The fourth-order valence-corrected chi connectivity index (χ4v) is 3.95. The van der Waals surface area contributed by atoms with E-state index in [0.29, 0.717) is 5.90 Å². The van der Waals surface area contributed by atoms with Crippen molar-refractivity contribution >= 4 is 39.4 Å². The standard InChI is InChI=1S/C24H19N3O3/c1-15(28)26-14-21(19-11-5-6-13-22(19)26)24-27(16(2)29)25-23(30-24)20-12-7-9-17-8-3-4-10-18(17)20/h3-14,24H,1-2H3. The Bertz CT molecular complexity index is 1350. The number of para-hydroxylation sites is 1. The van der Waals surface area contributed by atoms with Crippen LogP contribution in [0.5, 0.6) is 0 Å². The van der Waals surface area contributed by atoms with Crippen molar-refractivity contribution in [3.63, 3.8) is 0 Å². The van der Waals surface area contributed by atoms with E-state index in [1.54, 1.807) is 10.8 Å². The molecule has 1 aromatic heterocycles. The molecule has 0 fully saturated rings. The topological polar surface area (TPSA) is 63.9 Å². The normalized spacial score (nSPS) is 16.0. The van der Waals surface area contributed by atoms with Gasteiger partial charge < -0.3 is 4.74 Å². The van der Waals surface area contributed by atoms with E-state index in [2.05, 4.69) is 5.10 Å². The molecule has 0 saturated carbocycles. The molecule has 148 valence electrons. The highest BCUT2D eigenvalue weighted by molar-refractivity contribution is 6.08. The second kappa shape index (κ2) is 6.84. The second-order valence-corrected chi connectivity index (χ2v) is 7.26. The number of fused-ring (bicyclic) bond motifs is 2. The van der Waals surface area contributed by atoms with Gasteiger partial charge in [0.2, 0.25) is 23.9 Å². The zero-order valence-corrected chi connectivity index (χ0v) is 16.6. The molecule has 6 heteroatoms. The largest absolute Gasteiger partial charge is 0.446 e. The van der Waals surface area contributed by atoms with Gasteiger partial charge in [0.1, 0.15) is 0 Å². The summed E-state index contributed by atoms with van der Waals surface area (Å²) >= 11 is 0. The van der Waals surface area contributed by atoms with Crippen LogP contribution in [0, 0.1) is 0 Å². The van der Waals surface area contributed by atoms with Crippen LogP contribution in [0.1, 0.15) is 36.0 Å². The summed E-state index contributed by atoms with van der Waals surface area (Å²) in [5.74, 6) is 0.0292. The number of benzene rings is 3. The number of carbonyl (C=O) groups excluding carboxylic acids is 2. The van der Waals surface area contributed by atoms with Gasteiger partial charge in [-0.1, -0.05) is 54.6 Å². The van der Waals surface area contributed by atoms with Crippen LogP contribution >= 0.6 is 0 Å². The van der Waals surface area contributed by atoms with Gasteiger partial charge in [0.25, 0.3) is 0 Å². The van der Waals surface area contributed by atoms with E-state index >= 15 is 0 Å². The number of carbonyl (C=O) groups is 2. The molecule has 0 saturated heterocycles. The van der Waals surface area contributed by atoms with Gasteiger partial charge in [-0.2, -0.15) is 5.01 Å². The number of hydrogen-bond acceptors (Lipinski definition) is 4. The number of ether oxygens (including phenoxy) is 1. The smallest absolute Gasteiger partial charge is 0.243 e. The molecular formula is C24H19N3O3. The van der Waals surface area contributed by atoms with E-state index < -0.39 is 6.23 Å². The summed E-state index contributed by atoms with van der Waals surface area (Å²) < 4.78 is 7.82. The Kier molecular flexibility index (Phi) is 4.13. The molecule has 1 aliphatic rings. The fourth-order valence-electron chi connectivity index (χ4n) is 3.95. The summed E-state index contributed by atoms with van der Waals surface area (Å²) in [6.07, 6.45) is 0.983. The first-order chi connectivity index (χ1) is 14.5. The maximum Gasteiger partial charge on any atom is 0.243 e. The van der Waals surface area contributed by atoms with Gasteiger partial charge in [0, 0.05) is 36.6 Å². The third kappa shape index (κ3) is 2.76. The van der Waals surface area contributed by atoms with Gasteiger partial charge in [-0.3, -0.25) is 14.2 Å². The average molecular weight is 397 g/mol. The Morgan fingerprint density at radius 2 is 1.57 bits per heavy atom. The number of amides is 1. The molecule has 1 amide bonds. The maximum absolute atomic E-state index is 12.4. The van der Waals surface area contributed by atoms with Crippen molar-refractivity contribution in [3.05, 3.63) is 84.1 Å². The zero-order valence-electron chi connectivity index (χ0n) is 16.6. The minimum absolute atomic E-state index is 0.111. The van der Waals surface area contributed by atoms with Crippen molar-refractivity contribution in [2.75, 3.05) is 0 Å². The Hall–Kier alpha value is -3.93. The molecule has 0 aliphatic carbocycles. The lowest BCUT2D eigenvalue weighted by molar-refractivity contribution is -0.135. The first-order valence-electron chi connectivity index (χ1n) is 9.68. The third-order valence-corrected chi connectivity index (χ3v) is 5.33. The van der Waals surface area contributed by atoms with Gasteiger partial charge >= 0.3 is 0 Å². The van der Waals surface area contributed by atoms with Crippen molar-refractivity contribution in [3.8, 4) is 0 Å². The molecule has 1 aliphatic heterocycles. The first-order valence-corrected chi connectivity index (χ1v) is 9.68. The average Bonchev–Trinajstić information content (AvgIpc) is 3.35. The lowest BCUT2D eigenvalue weighted by atomic mass is 10.0. The molecule has 3 aromatic carbocycles. The molecule has 0 bridgehead atoms. The molecule has 4 aromatic rings. The van der Waals surface area contributed by atoms with E-state index in [-0.39, 0.29) is 11.8 Å². The molecule has 0 spiro atoms. The molecule has 6 nitrogen and oxygen atoms in total. The highest BCUT2D eigenvalue weighted by Gasteiger charge is 2.35. The van der Waals surface area contributed by atoms with Crippen LogP contribution in [0.3, 0.4) is 0 Å². The van der Waals surface area contributed by atoms with Crippen molar-refractivity contribution in [1.29, 1.82) is 0 Å². The quantitative estimate of drug-likeness (QED) is 0.493. The predicted molar refractivity (Wildman–Crippen MR) is 115 cm³/mol. The minimum atomic E-state index is -0.748. The summed E-state index contributed by atoms with van der Waals surface area (Å²) in [7, 11) is 0. The minimum Gasteiger partial charge on any atom is -0.446 e. The van der Waals surface area contributed by atoms with E-state index in [1.807, 2.05) is 66.7 Å². The Balaban J connectivity index is 1.64. The van der Waals surface area contributed by atoms with Crippen LogP contribution in [0.2, 0.25) is 0 Å². The Labute approximate surface area is 173 Å². The number of aromatic nitrogens is 1. The van der Waals surface area contributed by atoms with E-state index in [0.717, 1.165) is 32.8 Å². The van der Waals surface area contributed by atoms with Crippen LogP contribution in [0.4, 0.5) is 0 Å². The number of nitrogens with zero attached hydrogens (tertiary/aromatic N) is 3. The van der Waals surface area contributed by atoms with Crippen LogP contribution in [0.15, 0.2) is 78.0 Å². The summed E-state index contributed by atoms with van der Waals surface area (Å²) in [6.45, 7) is 2.96. The zero-order chi connectivity index (χ0) is 20.8. The molecule has 30 heavy (non-hydrogen) atoms. The number of hydrogen-bond donors (Lipinski definition) is 0. The van der Waals surface area contributed by atoms with E-state index in [4.69, 9.17) is 4.74 Å². The number of rotatable bonds is 2. The maximum atomic E-state index is 12.4. The van der Waals surface area contributed by atoms with Crippen molar-refractivity contribution < 1.29 is 14.3 Å². The summed E-state index contributed by atoms with van der Waals surface area (Å²) in [5.41, 5.74) is 2.30. The molecule has 5 rings (SSSR count). The van der Waals surface area contributed by atoms with Crippen LogP contribution in [-0.2, 0) is 9.53 Å². The van der Waals surface area contributed by atoms with Crippen molar-refractivity contribution in [1.82, 2.24) is 9.58 Å². The summed E-state index contributed by atoms with van der Waals surface area (Å²) in [5, 5.41) is 8.75. The van der Waals surface area contributed by atoms with Gasteiger partial charge in [0.15, 0.2) is 0 Å².